The molecule has 3 heteroatoms. The molecule has 0 fully saturated rings. The Hall–Kier alpha value is -2.29. The van der Waals surface area contributed by atoms with Gasteiger partial charge in [-0.25, -0.2) is 4.98 Å². The molecule has 0 radical (unpaired) electrons. The number of nitrogens with zero attached hydrogens (tertiary/aromatic N) is 2. The van der Waals surface area contributed by atoms with Crippen LogP contribution in [-0.4, -0.2) is 11.0 Å². The van der Waals surface area contributed by atoms with E-state index in [-0.39, 0.29) is 0 Å². The van der Waals surface area contributed by atoms with Gasteiger partial charge in [0.15, 0.2) is 5.58 Å². The predicted octanol–water partition coefficient (Wildman–Crippen LogP) is 3.78. The van der Waals surface area contributed by atoms with Gasteiger partial charge in [0.05, 0.1) is 6.54 Å². The molecule has 0 unspecified atom stereocenters. The summed E-state index contributed by atoms with van der Waals surface area (Å²) in [6.07, 6.45) is 1.09. The first-order valence-corrected chi connectivity index (χ1v) is 7.00. The summed E-state index contributed by atoms with van der Waals surface area (Å²) in [6.45, 7) is 2.98. The normalized spacial score (nSPS) is 17.6. The van der Waals surface area contributed by atoms with Crippen molar-refractivity contribution in [1.29, 1.82) is 0 Å². The SMILES string of the molecule is C[C@H]1Cc2ccccc2N1Cc1nc2ccccc2o1. The zero-order valence-electron chi connectivity index (χ0n) is 11.4. The monoisotopic (exact) mass is 264 g/mol. The molecule has 1 aliphatic rings. The molecule has 0 saturated carbocycles. The molecule has 0 spiro atoms. The Balaban J connectivity index is 1.68. The fourth-order valence-electron chi connectivity index (χ4n) is 3.00. The van der Waals surface area contributed by atoms with Crippen molar-refractivity contribution in [3.63, 3.8) is 0 Å². The number of benzene rings is 2. The summed E-state index contributed by atoms with van der Waals surface area (Å²) < 4.78 is 5.84. The van der Waals surface area contributed by atoms with Gasteiger partial charge in [0.1, 0.15) is 5.52 Å². The topological polar surface area (TPSA) is 29.3 Å². The highest BCUT2D eigenvalue weighted by atomic mass is 16.3. The highest BCUT2D eigenvalue weighted by Gasteiger charge is 2.26. The molecule has 4 rings (SSSR count). The maximum Gasteiger partial charge on any atom is 0.215 e. The van der Waals surface area contributed by atoms with Crippen LogP contribution >= 0.6 is 0 Å². The lowest BCUT2D eigenvalue weighted by Crippen LogP contribution is -2.28. The average molecular weight is 264 g/mol. The van der Waals surface area contributed by atoms with Gasteiger partial charge in [0, 0.05) is 11.7 Å². The molecule has 3 nitrogen and oxygen atoms in total. The minimum Gasteiger partial charge on any atom is -0.439 e. The molecule has 20 heavy (non-hydrogen) atoms. The number of hydrogen-bond acceptors (Lipinski definition) is 3. The first-order valence-electron chi connectivity index (χ1n) is 7.00. The maximum atomic E-state index is 5.84. The van der Waals surface area contributed by atoms with Crippen molar-refractivity contribution in [2.24, 2.45) is 0 Å². The van der Waals surface area contributed by atoms with E-state index in [1.807, 2.05) is 24.3 Å². The Labute approximate surface area is 117 Å². The van der Waals surface area contributed by atoms with Crippen LogP contribution in [0.1, 0.15) is 18.4 Å². The molecule has 0 bridgehead atoms. The van der Waals surface area contributed by atoms with E-state index in [2.05, 4.69) is 41.1 Å². The maximum absolute atomic E-state index is 5.84. The molecule has 2 heterocycles. The fourth-order valence-corrected chi connectivity index (χ4v) is 3.00. The number of para-hydroxylation sites is 3. The van der Waals surface area contributed by atoms with Crippen molar-refractivity contribution in [1.82, 2.24) is 4.98 Å². The lowest BCUT2D eigenvalue weighted by Gasteiger charge is -2.22. The van der Waals surface area contributed by atoms with Crippen LogP contribution in [0.25, 0.3) is 11.1 Å². The molecule has 0 aliphatic carbocycles. The molecule has 0 amide bonds. The summed E-state index contributed by atoms with van der Waals surface area (Å²) in [5, 5.41) is 0. The van der Waals surface area contributed by atoms with Gasteiger partial charge in [0.25, 0.3) is 0 Å². The van der Waals surface area contributed by atoms with E-state index in [9.17, 15) is 0 Å². The summed E-state index contributed by atoms with van der Waals surface area (Å²) in [5.41, 5.74) is 4.52. The zero-order valence-corrected chi connectivity index (χ0v) is 11.4. The van der Waals surface area contributed by atoms with E-state index in [0.29, 0.717) is 6.04 Å². The van der Waals surface area contributed by atoms with Crippen LogP contribution < -0.4 is 4.90 Å². The Morgan fingerprint density at radius 1 is 1.15 bits per heavy atom. The Morgan fingerprint density at radius 3 is 2.85 bits per heavy atom. The van der Waals surface area contributed by atoms with Gasteiger partial charge in [-0.1, -0.05) is 30.3 Å². The molecule has 0 N–H and O–H groups in total. The number of oxazole rings is 1. The quantitative estimate of drug-likeness (QED) is 0.705. The van der Waals surface area contributed by atoms with Gasteiger partial charge in [-0.05, 0) is 37.1 Å². The van der Waals surface area contributed by atoms with Crippen LogP contribution in [0.2, 0.25) is 0 Å². The van der Waals surface area contributed by atoms with Crippen molar-refractivity contribution in [3.8, 4) is 0 Å². The molecule has 1 aliphatic heterocycles. The van der Waals surface area contributed by atoms with Gasteiger partial charge in [-0.3, -0.25) is 0 Å². The van der Waals surface area contributed by atoms with Crippen molar-refractivity contribution < 1.29 is 4.42 Å². The van der Waals surface area contributed by atoms with Crippen LogP contribution in [-0.2, 0) is 13.0 Å². The molecule has 0 saturated heterocycles. The third-order valence-electron chi connectivity index (χ3n) is 3.99. The van der Waals surface area contributed by atoms with E-state index in [1.165, 1.54) is 11.3 Å². The number of anilines is 1. The second kappa shape index (κ2) is 4.37. The van der Waals surface area contributed by atoms with Gasteiger partial charge in [-0.2, -0.15) is 0 Å². The average Bonchev–Trinajstić information content (AvgIpc) is 3.00. The minimum atomic E-state index is 0.488. The third kappa shape index (κ3) is 1.78. The Kier molecular flexibility index (Phi) is 2.52. The lowest BCUT2D eigenvalue weighted by atomic mass is 10.1. The van der Waals surface area contributed by atoms with Crippen LogP contribution in [0, 0.1) is 0 Å². The van der Waals surface area contributed by atoms with Crippen molar-refractivity contribution in [3.05, 3.63) is 60.0 Å². The Morgan fingerprint density at radius 2 is 1.95 bits per heavy atom. The molecule has 1 aromatic heterocycles. The third-order valence-corrected chi connectivity index (χ3v) is 3.99. The number of hydrogen-bond donors (Lipinski definition) is 0. The van der Waals surface area contributed by atoms with Crippen molar-refractivity contribution in [2.45, 2.75) is 25.9 Å². The van der Waals surface area contributed by atoms with Crippen LogP contribution in [0.15, 0.2) is 52.9 Å². The van der Waals surface area contributed by atoms with Crippen LogP contribution in [0.5, 0.6) is 0 Å². The van der Waals surface area contributed by atoms with Gasteiger partial charge in [-0.15, -0.1) is 0 Å². The highest BCUT2D eigenvalue weighted by Crippen LogP contribution is 2.33. The highest BCUT2D eigenvalue weighted by molar-refractivity contribution is 5.72. The van der Waals surface area contributed by atoms with Crippen LogP contribution in [0.3, 0.4) is 0 Å². The van der Waals surface area contributed by atoms with Crippen molar-refractivity contribution in [2.75, 3.05) is 4.90 Å². The molecular weight excluding hydrogens is 248 g/mol. The minimum absolute atomic E-state index is 0.488. The summed E-state index contributed by atoms with van der Waals surface area (Å²) in [6, 6.07) is 17.0. The molecule has 3 aromatic rings. The predicted molar refractivity (Wildman–Crippen MR) is 79.8 cm³/mol. The summed E-state index contributed by atoms with van der Waals surface area (Å²) >= 11 is 0. The lowest BCUT2D eigenvalue weighted by molar-refractivity contribution is 0.508. The van der Waals surface area contributed by atoms with E-state index in [1.54, 1.807) is 0 Å². The van der Waals surface area contributed by atoms with Gasteiger partial charge >= 0.3 is 0 Å². The zero-order chi connectivity index (χ0) is 13.5. The standard InChI is InChI=1S/C17H16N2O/c1-12-10-13-6-2-4-8-15(13)19(12)11-17-18-14-7-3-5-9-16(14)20-17/h2-9,12H,10-11H2,1H3/t12-/m0/s1. The molecular formula is C17H16N2O. The van der Waals surface area contributed by atoms with Crippen LogP contribution in [0.4, 0.5) is 5.69 Å². The van der Waals surface area contributed by atoms with Gasteiger partial charge in [0.2, 0.25) is 5.89 Å². The second-order valence-electron chi connectivity index (χ2n) is 5.39. The summed E-state index contributed by atoms with van der Waals surface area (Å²) in [5.74, 6) is 0.787. The number of rotatable bonds is 2. The first kappa shape index (κ1) is 11.5. The number of fused-ring (bicyclic) bond motifs is 2. The molecule has 100 valence electrons. The smallest absolute Gasteiger partial charge is 0.215 e. The fraction of sp³-hybridized carbons (Fsp3) is 0.235. The van der Waals surface area contributed by atoms with E-state index >= 15 is 0 Å². The largest absolute Gasteiger partial charge is 0.439 e. The Bertz CT molecular complexity index is 729. The first-order chi connectivity index (χ1) is 9.81. The number of aromatic nitrogens is 1. The summed E-state index contributed by atoms with van der Waals surface area (Å²) in [4.78, 5) is 6.95. The molecule has 2 aromatic carbocycles. The second-order valence-corrected chi connectivity index (χ2v) is 5.39. The van der Waals surface area contributed by atoms with Gasteiger partial charge < -0.3 is 9.32 Å². The van der Waals surface area contributed by atoms with Crippen molar-refractivity contribution >= 4 is 16.8 Å². The van der Waals surface area contributed by atoms with E-state index in [0.717, 1.165) is 30.0 Å². The molecule has 1 atom stereocenters. The summed E-state index contributed by atoms with van der Waals surface area (Å²) in [7, 11) is 0. The van der Waals surface area contributed by atoms with E-state index in [4.69, 9.17) is 4.42 Å². The van der Waals surface area contributed by atoms with E-state index < -0.39 is 0 Å².